The van der Waals surface area contributed by atoms with Crippen LogP contribution in [-0.2, 0) is 4.79 Å². The fourth-order valence-electron chi connectivity index (χ4n) is 2.64. The fraction of sp³-hybridized carbons (Fsp3) is 0.100. The zero-order chi connectivity index (χ0) is 20.2. The van der Waals surface area contributed by atoms with E-state index in [0.717, 1.165) is 28.5 Å². The van der Waals surface area contributed by atoms with Crippen LogP contribution in [0.25, 0.3) is 21.3 Å². The number of hydrazone groups is 1. The van der Waals surface area contributed by atoms with Crippen LogP contribution < -0.4 is 11.0 Å². The number of aryl methyl sites for hydroxylation is 1. The van der Waals surface area contributed by atoms with Gasteiger partial charge in [0.15, 0.2) is 5.16 Å². The van der Waals surface area contributed by atoms with E-state index in [4.69, 9.17) is 4.42 Å². The number of thioether (sulfide) groups is 1. The number of carbonyl (C=O) groups excluding carboxylic acids is 1. The number of aromatic nitrogens is 2. The van der Waals surface area contributed by atoms with Gasteiger partial charge in [-0.25, -0.2) is 10.4 Å². The van der Waals surface area contributed by atoms with Crippen LogP contribution in [0.2, 0.25) is 0 Å². The standard InChI is InChI=1S/C20H16N4O3S2/c1-12-4-6-13(7-5-12)15-10-28-19-17(15)18(26)22-20(23-19)29-11-16(25)24-21-9-14-3-2-8-27-14/h2-10H,11H2,1H3,(H,24,25)(H,22,23,26)/b21-9+. The van der Waals surface area contributed by atoms with Gasteiger partial charge in [-0.1, -0.05) is 41.6 Å². The topological polar surface area (TPSA) is 100 Å². The summed E-state index contributed by atoms with van der Waals surface area (Å²) in [6, 6.07) is 11.5. The van der Waals surface area contributed by atoms with Gasteiger partial charge in [0.2, 0.25) is 0 Å². The highest BCUT2D eigenvalue weighted by atomic mass is 32.2. The molecule has 0 fully saturated rings. The molecule has 3 aromatic heterocycles. The minimum Gasteiger partial charge on any atom is -0.463 e. The predicted molar refractivity (Wildman–Crippen MR) is 116 cm³/mol. The highest BCUT2D eigenvalue weighted by Crippen LogP contribution is 2.31. The molecule has 3 heterocycles. The Morgan fingerprint density at radius 2 is 2.17 bits per heavy atom. The van der Waals surface area contributed by atoms with E-state index in [1.807, 2.05) is 36.6 Å². The Morgan fingerprint density at radius 1 is 1.34 bits per heavy atom. The zero-order valence-electron chi connectivity index (χ0n) is 15.3. The van der Waals surface area contributed by atoms with Crippen molar-refractivity contribution in [2.24, 2.45) is 5.10 Å². The molecule has 0 radical (unpaired) electrons. The second kappa shape index (κ2) is 8.46. The van der Waals surface area contributed by atoms with Gasteiger partial charge in [0, 0.05) is 10.9 Å². The molecule has 0 bridgehead atoms. The monoisotopic (exact) mass is 424 g/mol. The maximum absolute atomic E-state index is 12.6. The minimum atomic E-state index is -0.313. The lowest BCUT2D eigenvalue weighted by Gasteiger charge is -2.02. The van der Waals surface area contributed by atoms with Crippen LogP contribution in [0.5, 0.6) is 0 Å². The summed E-state index contributed by atoms with van der Waals surface area (Å²) in [6.45, 7) is 2.02. The van der Waals surface area contributed by atoms with Crippen molar-refractivity contribution in [2.75, 3.05) is 5.75 Å². The summed E-state index contributed by atoms with van der Waals surface area (Å²) in [4.78, 5) is 32.4. The number of benzene rings is 1. The van der Waals surface area contributed by atoms with E-state index in [-0.39, 0.29) is 17.2 Å². The van der Waals surface area contributed by atoms with Crippen molar-refractivity contribution in [3.8, 4) is 11.1 Å². The molecule has 4 rings (SSSR count). The molecule has 0 unspecified atom stereocenters. The third-order valence-electron chi connectivity index (χ3n) is 4.05. The predicted octanol–water partition coefficient (Wildman–Crippen LogP) is 3.80. The van der Waals surface area contributed by atoms with Crippen LogP contribution >= 0.6 is 23.1 Å². The molecule has 2 N–H and O–H groups in total. The Labute approximate surface area is 173 Å². The highest BCUT2D eigenvalue weighted by Gasteiger charge is 2.14. The first kappa shape index (κ1) is 19.2. The molecule has 1 aromatic carbocycles. The number of rotatable bonds is 6. The lowest BCUT2D eigenvalue weighted by molar-refractivity contribution is -0.118. The number of carbonyl (C=O) groups is 1. The van der Waals surface area contributed by atoms with Crippen molar-refractivity contribution in [1.82, 2.24) is 15.4 Å². The first-order valence-corrected chi connectivity index (χ1v) is 10.5. The van der Waals surface area contributed by atoms with Crippen LogP contribution in [0.3, 0.4) is 0 Å². The number of aromatic amines is 1. The molecule has 0 aliphatic heterocycles. The Morgan fingerprint density at radius 3 is 2.93 bits per heavy atom. The van der Waals surface area contributed by atoms with Gasteiger partial charge in [0.05, 0.1) is 23.6 Å². The van der Waals surface area contributed by atoms with Gasteiger partial charge in [-0.2, -0.15) is 5.10 Å². The van der Waals surface area contributed by atoms with E-state index in [2.05, 4.69) is 20.5 Å². The minimum absolute atomic E-state index is 0.0696. The summed E-state index contributed by atoms with van der Waals surface area (Å²) in [6.07, 6.45) is 2.93. The molecule has 9 heteroatoms. The first-order chi connectivity index (χ1) is 14.1. The molecule has 0 saturated heterocycles. The number of nitrogens with one attached hydrogen (secondary N) is 2. The number of nitrogens with zero attached hydrogens (tertiary/aromatic N) is 2. The quantitative estimate of drug-likeness (QED) is 0.212. The number of hydrogen-bond acceptors (Lipinski definition) is 7. The molecular weight excluding hydrogens is 408 g/mol. The van der Waals surface area contributed by atoms with Crippen LogP contribution in [-0.4, -0.2) is 27.8 Å². The van der Waals surface area contributed by atoms with E-state index in [0.29, 0.717) is 21.1 Å². The Kier molecular flexibility index (Phi) is 5.59. The van der Waals surface area contributed by atoms with Crippen LogP contribution in [0.4, 0.5) is 0 Å². The summed E-state index contributed by atoms with van der Waals surface area (Å²) >= 11 is 2.55. The third-order valence-corrected chi connectivity index (χ3v) is 5.79. The lowest BCUT2D eigenvalue weighted by atomic mass is 10.1. The number of H-pyrrole nitrogens is 1. The van der Waals surface area contributed by atoms with E-state index in [9.17, 15) is 9.59 Å². The van der Waals surface area contributed by atoms with Gasteiger partial charge in [-0.05, 0) is 24.6 Å². The van der Waals surface area contributed by atoms with Gasteiger partial charge >= 0.3 is 0 Å². The number of hydrogen-bond donors (Lipinski definition) is 2. The van der Waals surface area contributed by atoms with Crippen LogP contribution in [0, 0.1) is 6.92 Å². The molecule has 0 spiro atoms. The Bertz CT molecular complexity index is 1230. The fourth-order valence-corrected chi connectivity index (χ4v) is 4.30. The summed E-state index contributed by atoms with van der Waals surface area (Å²) in [5.41, 5.74) is 5.18. The van der Waals surface area contributed by atoms with Gasteiger partial charge < -0.3 is 9.40 Å². The average Bonchev–Trinajstić information content (AvgIpc) is 3.37. The first-order valence-electron chi connectivity index (χ1n) is 8.67. The van der Waals surface area contributed by atoms with E-state index in [1.54, 1.807) is 12.1 Å². The number of furan rings is 1. The number of amides is 1. The molecule has 0 aliphatic rings. The lowest BCUT2D eigenvalue weighted by Crippen LogP contribution is -2.20. The summed E-state index contributed by atoms with van der Waals surface area (Å²) < 4.78 is 5.08. The molecule has 0 saturated carbocycles. The summed E-state index contributed by atoms with van der Waals surface area (Å²) in [7, 11) is 0. The molecule has 29 heavy (non-hydrogen) atoms. The SMILES string of the molecule is Cc1ccc(-c2csc3nc(SCC(=O)N/N=C/c4ccco4)[nH]c(=O)c23)cc1. The van der Waals surface area contributed by atoms with Gasteiger partial charge in [-0.3, -0.25) is 9.59 Å². The number of fused-ring (bicyclic) bond motifs is 1. The molecule has 4 aromatic rings. The molecule has 1 amide bonds. The summed E-state index contributed by atoms with van der Waals surface area (Å²) in [5, 5.41) is 6.71. The number of thiophene rings is 1. The third kappa shape index (κ3) is 4.47. The maximum Gasteiger partial charge on any atom is 0.260 e. The Hall–Kier alpha value is -3.17. The normalized spacial score (nSPS) is 11.3. The summed E-state index contributed by atoms with van der Waals surface area (Å²) in [5.74, 6) is 0.295. The molecule has 7 nitrogen and oxygen atoms in total. The van der Waals surface area contributed by atoms with Gasteiger partial charge in [0.1, 0.15) is 10.6 Å². The van der Waals surface area contributed by atoms with Crippen molar-refractivity contribution < 1.29 is 9.21 Å². The van der Waals surface area contributed by atoms with Crippen molar-refractivity contribution in [1.29, 1.82) is 0 Å². The van der Waals surface area contributed by atoms with Crippen molar-refractivity contribution in [3.05, 3.63) is 69.7 Å². The van der Waals surface area contributed by atoms with Crippen molar-refractivity contribution >= 4 is 45.4 Å². The largest absolute Gasteiger partial charge is 0.463 e. The molecule has 0 aliphatic carbocycles. The smallest absolute Gasteiger partial charge is 0.260 e. The molecular formula is C20H16N4O3S2. The van der Waals surface area contributed by atoms with Gasteiger partial charge in [-0.15, -0.1) is 11.3 Å². The van der Waals surface area contributed by atoms with E-state index >= 15 is 0 Å². The second-order valence-electron chi connectivity index (χ2n) is 6.16. The zero-order valence-corrected chi connectivity index (χ0v) is 17.0. The second-order valence-corrected chi connectivity index (χ2v) is 7.99. The molecule has 0 atom stereocenters. The Balaban J connectivity index is 1.46. The average molecular weight is 425 g/mol. The van der Waals surface area contributed by atoms with Crippen LogP contribution in [0.1, 0.15) is 11.3 Å². The highest BCUT2D eigenvalue weighted by molar-refractivity contribution is 7.99. The van der Waals surface area contributed by atoms with E-state index in [1.165, 1.54) is 23.8 Å². The maximum atomic E-state index is 12.6. The van der Waals surface area contributed by atoms with Crippen LogP contribution in [0.15, 0.2) is 67.5 Å². The van der Waals surface area contributed by atoms with Crippen molar-refractivity contribution in [2.45, 2.75) is 12.1 Å². The van der Waals surface area contributed by atoms with E-state index < -0.39 is 0 Å². The molecule has 146 valence electrons. The van der Waals surface area contributed by atoms with Crippen molar-refractivity contribution in [3.63, 3.8) is 0 Å². The van der Waals surface area contributed by atoms with Gasteiger partial charge in [0.25, 0.3) is 11.5 Å².